The number of carbonyl (C=O) groups is 2. The second kappa shape index (κ2) is 9.52. The number of nitrogens with one attached hydrogen (secondary N) is 1. The number of rotatable bonds is 7. The van der Waals surface area contributed by atoms with Crippen LogP contribution in [0.3, 0.4) is 0 Å². The summed E-state index contributed by atoms with van der Waals surface area (Å²) >= 11 is 0. The number of nitrogens with zero attached hydrogens (tertiary/aromatic N) is 2. The van der Waals surface area contributed by atoms with Gasteiger partial charge in [0, 0.05) is 11.6 Å². The first-order chi connectivity index (χ1) is 16.0. The van der Waals surface area contributed by atoms with Crippen molar-refractivity contribution in [2.24, 2.45) is 4.99 Å². The van der Waals surface area contributed by atoms with Gasteiger partial charge in [-0.25, -0.2) is 0 Å². The van der Waals surface area contributed by atoms with E-state index in [9.17, 15) is 9.59 Å². The molecule has 0 saturated heterocycles. The zero-order chi connectivity index (χ0) is 23.4. The SMILES string of the molecule is COc1ccc(C2=NC3(CCCCC3)N(CC(=O)Nc3ccc(OC)cc3OC)C2=O)cc1. The van der Waals surface area contributed by atoms with Crippen molar-refractivity contribution < 1.29 is 23.8 Å². The molecule has 33 heavy (non-hydrogen) atoms. The molecule has 1 aliphatic carbocycles. The van der Waals surface area contributed by atoms with Crippen LogP contribution in [0.2, 0.25) is 0 Å². The van der Waals surface area contributed by atoms with E-state index >= 15 is 0 Å². The van der Waals surface area contributed by atoms with Gasteiger partial charge in [-0.15, -0.1) is 0 Å². The van der Waals surface area contributed by atoms with Crippen molar-refractivity contribution in [2.75, 3.05) is 33.2 Å². The molecule has 8 heteroatoms. The van der Waals surface area contributed by atoms with E-state index in [-0.39, 0.29) is 18.4 Å². The molecule has 1 saturated carbocycles. The summed E-state index contributed by atoms with van der Waals surface area (Å²) in [7, 11) is 4.69. The predicted octanol–water partition coefficient (Wildman–Crippen LogP) is 3.64. The number of ether oxygens (including phenoxy) is 3. The molecule has 2 amide bonds. The molecule has 2 aromatic rings. The second-order valence-corrected chi connectivity index (χ2v) is 8.24. The van der Waals surface area contributed by atoms with Crippen LogP contribution in [0, 0.1) is 0 Å². The number of carbonyl (C=O) groups excluding carboxylic acids is 2. The first kappa shape index (κ1) is 22.6. The third kappa shape index (κ3) is 4.51. The largest absolute Gasteiger partial charge is 0.497 e. The van der Waals surface area contributed by atoms with Gasteiger partial charge in [-0.2, -0.15) is 0 Å². The zero-order valence-electron chi connectivity index (χ0n) is 19.2. The van der Waals surface area contributed by atoms with E-state index in [0.717, 1.165) is 37.7 Å². The summed E-state index contributed by atoms with van der Waals surface area (Å²) in [5.74, 6) is 1.29. The molecule has 0 atom stereocenters. The molecule has 8 nitrogen and oxygen atoms in total. The molecule has 0 radical (unpaired) electrons. The topological polar surface area (TPSA) is 89.5 Å². The highest BCUT2D eigenvalue weighted by atomic mass is 16.5. The van der Waals surface area contributed by atoms with E-state index in [2.05, 4.69) is 5.32 Å². The third-order valence-corrected chi connectivity index (χ3v) is 6.27. The average molecular weight is 452 g/mol. The van der Waals surface area contributed by atoms with E-state index in [1.807, 2.05) is 24.3 Å². The first-order valence-electron chi connectivity index (χ1n) is 11.1. The lowest BCUT2D eigenvalue weighted by atomic mass is 9.88. The van der Waals surface area contributed by atoms with Crippen LogP contribution in [0.4, 0.5) is 5.69 Å². The Morgan fingerprint density at radius 1 is 0.970 bits per heavy atom. The van der Waals surface area contributed by atoms with Gasteiger partial charge in [-0.3, -0.25) is 14.6 Å². The van der Waals surface area contributed by atoms with Crippen LogP contribution in [0.15, 0.2) is 47.5 Å². The van der Waals surface area contributed by atoms with Gasteiger partial charge in [0.05, 0.1) is 27.0 Å². The van der Waals surface area contributed by atoms with Crippen LogP contribution in [0.1, 0.15) is 37.7 Å². The van der Waals surface area contributed by atoms with Crippen molar-refractivity contribution in [1.82, 2.24) is 4.90 Å². The van der Waals surface area contributed by atoms with Crippen LogP contribution in [-0.4, -0.2) is 56.0 Å². The summed E-state index contributed by atoms with van der Waals surface area (Å²) in [5, 5.41) is 2.87. The molecule has 1 N–H and O–H groups in total. The van der Waals surface area contributed by atoms with Crippen molar-refractivity contribution >= 4 is 23.2 Å². The molecule has 0 unspecified atom stereocenters. The molecule has 2 aromatic carbocycles. The third-order valence-electron chi connectivity index (χ3n) is 6.27. The normalized spacial score (nSPS) is 17.0. The Balaban J connectivity index is 1.57. The van der Waals surface area contributed by atoms with Gasteiger partial charge >= 0.3 is 0 Å². The maximum absolute atomic E-state index is 13.5. The fourth-order valence-electron chi connectivity index (χ4n) is 4.52. The van der Waals surface area contributed by atoms with Gasteiger partial charge in [-0.1, -0.05) is 6.42 Å². The number of aliphatic imine (C=N–C) groups is 1. The molecule has 174 valence electrons. The minimum atomic E-state index is -0.675. The minimum absolute atomic E-state index is 0.0861. The van der Waals surface area contributed by atoms with E-state index in [0.29, 0.717) is 28.6 Å². The smallest absolute Gasteiger partial charge is 0.275 e. The van der Waals surface area contributed by atoms with Gasteiger partial charge in [0.1, 0.15) is 35.2 Å². The van der Waals surface area contributed by atoms with Crippen LogP contribution in [0.5, 0.6) is 17.2 Å². The van der Waals surface area contributed by atoms with Gasteiger partial charge in [0.15, 0.2) is 0 Å². The fourth-order valence-corrected chi connectivity index (χ4v) is 4.52. The number of hydrogen-bond donors (Lipinski definition) is 1. The Labute approximate surface area is 193 Å². The Kier molecular flexibility index (Phi) is 6.53. The first-order valence-corrected chi connectivity index (χ1v) is 11.1. The van der Waals surface area contributed by atoms with Crippen molar-refractivity contribution in [3.05, 3.63) is 48.0 Å². The molecule has 4 rings (SSSR count). The summed E-state index contributed by atoms with van der Waals surface area (Å²) in [5.41, 5.74) is 0.968. The van der Waals surface area contributed by atoms with Crippen molar-refractivity contribution in [1.29, 1.82) is 0 Å². The number of amides is 2. The number of hydrogen-bond acceptors (Lipinski definition) is 6. The van der Waals surface area contributed by atoms with E-state index in [1.165, 1.54) is 7.11 Å². The molecule has 0 aromatic heterocycles. The lowest BCUT2D eigenvalue weighted by molar-refractivity contribution is -0.134. The Morgan fingerprint density at radius 2 is 1.64 bits per heavy atom. The molecule has 2 aliphatic rings. The van der Waals surface area contributed by atoms with Crippen LogP contribution in [-0.2, 0) is 9.59 Å². The number of anilines is 1. The maximum atomic E-state index is 13.5. The maximum Gasteiger partial charge on any atom is 0.275 e. The van der Waals surface area contributed by atoms with Crippen LogP contribution < -0.4 is 19.5 Å². The van der Waals surface area contributed by atoms with Crippen molar-refractivity contribution in [2.45, 2.75) is 37.8 Å². The number of benzene rings is 2. The van der Waals surface area contributed by atoms with Gasteiger partial charge in [0.2, 0.25) is 5.91 Å². The van der Waals surface area contributed by atoms with Crippen LogP contribution >= 0.6 is 0 Å². The molecule has 1 heterocycles. The zero-order valence-corrected chi connectivity index (χ0v) is 19.2. The molecular weight excluding hydrogens is 422 g/mol. The standard InChI is InChI=1S/C25H29N3O5/c1-31-18-9-7-17(8-10-18)23-24(30)28(25(27-23)13-5-4-6-14-25)16-22(29)26-20-12-11-19(32-2)15-21(20)33-3/h7-12,15H,4-6,13-14,16H2,1-3H3,(H,26,29). The van der Waals surface area contributed by atoms with E-state index < -0.39 is 5.66 Å². The molecule has 1 spiro atoms. The van der Waals surface area contributed by atoms with Gasteiger partial charge in [0.25, 0.3) is 5.91 Å². The monoisotopic (exact) mass is 451 g/mol. The molecule has 1 aliphatic heterocycles. The summed E-state index contributed by atoms with van der Waals surface area (Å²) < 4.78 is 15.8. The summed E-state index contributed by atoms with van der Waals surface area (Å²) in [6.45, 7) is -0.0861. The quantitative estimate of drug-likeness (QED) is 0.694. The molecular formula is C25H29N3O5. The lowest BCUT2D eigenvalue weighted by Crippen LogP contribution is -2.51. The Morgan fingerprint density at radius 3 is 2.27 bits per heavy atom. The number of methoxy groups -OCH3 is 3. The van der Waals surface area contributed by atoms with Gasteiger partial charge < -0.3 is 24.4 Å². The second-order valence-electron chi connectivity index (χ2n) is 8.24. The summed E-state index contributed by atoms with van der Waals surface area (Å²) in [6.07, 6.45) is 4.54. The fraction of sp³-hybridized carbons (Fsp3) is 0.400. The molecule has 1 fully saturated rings. The highest BCUT2D eigenvalue weighted by Gasteiger charge is 2.48. The Hall–Kier alpha value is -3.55. The highest BCUT2D eigenvalue weighted by molar-refractivity contribution is 6.47. The molecule has 0 bridgehead atoms. The van der Waals surface area contributed by atoms with Crippen LogP contribution in [0.25, 0.3) is 0 Å². The van der Waals surface area contributed by atoms with E-state index in [4.69, 9.17) is 19.2 Å². The van der Waals surface area contributed by atoms with Crippen molar-refractivity contribution in [3.8, 4) is 17.2 Å². The minimum Gasteiger partial charge on any atom is -0.497 e. The van der Waals surface area contributed by atoms with E-state index in [1.54, 1.807) is 37.3 Å². The highest BCUT2D eigenvalue weighted by Crippen LogP contribution is 2.40. The lowest BCUT2D eigenvalue weighted by Gasteiger charge is -2.38. The summed E-state index contributed by atoms with van der Waals surface area (Å²) in [6, 6.07) is 12.4. The average Bonchev–Trinajstić information content (AvgIpc) is 3.10. The summed E-state index contributed by atoms with van der Waals surface area (Å²) in [4.78, 5) is 33.1. The predicted molar refractivity (Wildman–Crippen MR) is 125 cm³/mol. The Bertz CT molecular complexity index is 1060. The van der Waals surface area contributed by atoms with Crippen molar-refractivity contribution in [3.63, 3.8) is 0 Å². The van der Waals surface area contributed by atoms with Gasteiger partial charge in [-0.05, 0) is 62.1 Å².